The number of amides is 1. The zero-order chi connectivity index (χ0) is 13.1. The second kappa shape index (κ2) is 5.71. The standard InChI is InChI=1S/C13H17FN2OS/c1-9(10-2-4-11(14)5-3-10)12(15)13(17)16-6-7-18-8-16/h2-5,9,12H,6-8,15H2,1H3. The molecular weight excluding hydrogens is 251 g/mol. The van der Waals surface area contributed by atoms with Gasteiger partial charge in [0, 0.05) is 18.2 Å². The molecular formula is C13H17FN2OS. The Balaban J connectivity index is 2.05. The van der Waals surface area contributed by atoms with E-state index >= 15 is 0 Å². The number of nitrogens with zero attached hydrogens (tertiary/aromatic N) is 1. The summed E-state index contributed by atoms with van der Waals surface area (Å²) in [5.74, 6) is 1.30. The van der Waals surface area contributed by atoms with E-state index in [0.717, 1.165) is 23.7 Å². The molecule has 18 heavy (non-hydrogen) atoms. The predicted molar refractivity (Wildman–Crippen MR) is 71.8 cm³/mol. The molecule has 5 heteroatoms. The van der Waals surface area contributed by atoms with Crippen molar-refractivity contribution in [2.75, 3.05) is 18.2 Å². The van der Waals surface area contributed by atoms with Gasteiger partial charge in [-0.25, -0.2) is 4.39 Å². The first-order chi connectivity index (χ1) is 8.59. The van der Waals surface area contributed by atoms with Crippen molar-refractivity contribution in [3.05, 3.63) is 35.6 Å². The topological polar surface area (TPSA) is 46.3 Å². The van der Waals surface area contributed by atoms with E-state index in [2.05, 4.69) is 0 Å². The summed E-state index contributed by atoms with van der Waals surface area (Å²) >= 11 is 1.74. The summed E-state index contributed by atoms with van der Waals surface area (Å²) in [4.78, 5) is 13.9. The van der Waals surface area contributed by atoms with Crippen molar-refractivity contribution < 1.29 is 9.18 Å². The van der Waals surface area contributed by atoms with Crippen LogP contribution in [0.2, 0.25) is 0 Å². The van der Waals surface area contributed by atoms with Crippen LogP contribution >= 0.6 is 11.8 Å². The van der Waals surface area contributed by atoms with Gasteiger partial charge in [-0.05, 0) is 17.7 Å². The average Bonchev–Trinajstić information content (AvgIpc) is 2.91. The quantitative estimate of drug-likeness (QED) is 0.909. The summed E-state index contributed by atoms with van der Waals surface area (Å²) in [6.07, 6.45) is 0. The SMILES string of the molecule is CC(c1ccc(F)cc1)C(N)C(=O)N1CCSC1. The Labute approximate surface area is 111 Å². The Bertz CT molecular complexity index is 418. The van der Waals surface area contributed by atoms with Crippen molar-refractivity contribution >= 4 is 17.7 Å². The van der Waals surface area contributed by atoms with Crippen LogP contribution in [0.4, 0.5) is 4.39 Å². The first-order valence-electron chi connectivity index (χ1n) is 5.97. The lowest BCUT2D eigenvalue weighted by atomic mass is 9.93. The molecule has 3 nitrogen and oxygen atoms in total. The molecule has 98 valence electrons. The van der Waals surface area contributed by atoms with Crippen LogP contribution in [0, 0.1) is 5.82 Å². The molecule has 0 bridgehead atoms. The fourth-order valence-corrected chi connectivity index (χ4v) is 2.94. The van der Waals surface area contributed by atoms with Crippen molar-refractivity contribution in [1.29, 1.82) is 0 Å². The number of hydrogen-bond acceptors (Lipinski definition) is 3. The van der Waals surface area contributed by atoms with Gasteiger partial charge in [-0.1, -0.05) is 19.1 Å². The largest absolute Gasteiger partial charge is 0.331 e. The molecule has 2 unspecified atom stereocenters. The molecule has 2 N–H and O–H groups in total. The van der Waals surface area contributed by atoms with Gasteiger partial charge < -0.3 is 10.6 Å². The number of nitrogens with two attached hydrogens (primary N) is 1. The summed E-state index contributed by atoms with van der Waals surface area (Å²) in [6.45, 7) is 2.67. The molecule has 0 radical (unpaired) electrons. The van der Waals surface area contributed by atoms with Crippen molar-refractivity contribution in [2.45, 2.75) is 18.9 Å². The van der Waals surface area contributed by atoms with Crippen LogP contribution in [0.5, 0.6) is 0 Å². The highest BCUT2D eigenvalue weighted by Crippen LogP contribution is 2.22. The van der Waals surface area contributed by atoms with Crippen LogP contribution in [0.1, 0.15) is 18.4 Å². The zero-order valence-electron chi connectivity index (χ0n) is 10.3. The molecule has 2 atom stereocenters. The summed E-state index contributed by atoms with van der Waals surface area (Å²) in [5, 5.41) is 0. The molecule has 1 aliphatic rings. The molecule has 2 rings (SSSR count). The van der Waals surface area contributed by atoms with E-state index in [9.17, 15) is 9.18 Å². The van der Waals surface area contributed by atoms with Crippen molar-refractivity contribution in [3.63, 3.8) is 0 Å². The average molecular weight is 268 g/mol. The molecule has 1 aliphatic heterocycles. The van der Waals surface area contributed by atoms with Gasteiger partial charge in [0.15, 0.2) is 0 Å². The number of rotatable bonds is 3. The fraction of sp³-hybridized carbons (Fsp3) is 0.462. The molecule has 1 aromatic carbocycles. The van der Waals surface area contributed by atoms with Crippen molar-refractivity contribution in [3.8, 4) is 0 Å². The fourth-order valence-electron chi connectivity index (χ4n) is 1.99. The second-order valence-electron chi connectivity index (χ2n) is 4.51. The van der Waals surface area contributed by atoms with Gasteiger partial charge in [0.25, 0.3) is 0 Å². The lowest BCUT2D eigenvalue weighted by Gasteiger charge is -2.24. The van der Waals surface area contributed by atoms with Gasteiger partial charge in [-0.2, -0.15) is 0 Å². The van der Waals surface area contributed by atoms with Crippen LogP contribution in [0.3, 0.4) is 0 Å². The summed E-state index contributed by atoms with van der Waals surface area (Å²) in [6, 6.07) is 5.61. The van der Waals surface area contributed by atoms with Crippen LogP contribution in [0.15, 0.2) is 24.3 Å². The highest BCUT2D eigenvalue weighted by Gasteiger charge is 2.28. The third-order valence-corrected chi connectivity index (χ3v) is 4.25. The van der Waals surface area contributed by atoms with E-state index < -0.39 is 6.04 Å². The maximum absolute atomic E-state index is 12.8. The molecule has 0 spiro atoms. The highest BCUT2D eigenvalue weighted by molar-refractivity contribution is 7.99. The van der Waals surface area contributed by atoms with Gasteiger partial charge in [0.05, 0.1) is 11.9 Å². The maximum Gasteiger partial charge on any atom is 0.240 e. The number of halogens is 1. The smallest absolute Gasteiger partial charge is 0.240 e. The Morgan fingerprint density at radius 3 is 2.67 bits per heavy atom. The van der Waals surface area contributed by atoms with Gasteiger partial charge in [0.2, 0.25) is 5.91 Å². The Kier molecular flexibility index (Phi) is 4.24. The first kappa shape index (κ1) is 13.4. The molecule has 0 aromatic heterocycles. The molecule has 0 saturated carbocycles. The molecule has 0 aliphatic carbocycles. The van der Waals surface area contributed by atoms with Crippen LogP contribution in [-0.2, 0) is 4.79 Å². The van der Waals surface area contributed by atoms with Gasteiger partial charge in [-0.3, -0.25) is 4.79 Å². The Morgan fingerprint density at radius 1 is 1.44 bits per heavy atom. The van der Waals surface area contributed by atoms with E-state index in [4.69, 9.17) is 5.73 Å². The number of thioether (sulfide) groups is 1. The highest BCUT2D eigenvalue weighted by atomic mass is 32.2. The lowest BCUT2D eigenvalue weighted by molar-refractivity contribution is -0.131. The second-order valence-corrected chi connectivity index (χ2v) is 5.58. The minimum atomic E-state index is -0.561. The number of carbonyl (C=O) groups is 1. The lowest BCUT2D eigenvalue weighted by Crippen LogP contribution is -2.45. The first-order valence-corrected chi connectivity index (χ1v) is 7.12. The van der Waals surface area contributed by atoms with Gasteiger partial charge in [0.1, 0.15) is 5.82 Å². The van der Waals surface area contributed by atoms with Crippen LogP contribution < -0.4 is 5.73 Å². The molecule has 1 amide bonds. The van der Waals surface area contributed by atoms with E-state index in [-0.39, 0.29) is 17.6 Å². The van der Waals surface area contributed by atoms with E-state index in [0.29, 0.717) is 0 Å². The maximum atomic E-state index is 12.8. The van der Waals surface area contributed by atoms with E-state index in [1.54, 1.807) is 28.8 Å². The van der Waals surface area contributed by atoms with Crippen LogP contribution in [-0.4, -0.2) is 35.0 Å². The Hall–Kier alpha value is -1.07. The summed E-state index contributed by atoms with van der Waals surface area (Å²) < 4.78 is 12.8. The number of hydrogen-bond donors (Lipinski definition) is 1. The molecule has 1 saturated heterocycles. The van der Waals surface area contributed by atoms with Gasteiger partial charge in [-0.15, -0.1) is 11.8 Å². The predicted octanol–water partition coefficient (Wildman–Crippen LogP) is 1.79. The minimum Gasteiger partial charge on any atom is -0.331 e. The third-order valence-electron chi connectivity index (χ3n) is 3.28. The molecule has 1 fully saturated rings. The Morgan fingerprint density at radius 2 is 2.11 bits per heavy atom. The minimum absolute atomic E-state index is 0.0168. The third kappa shape index (κ3) is 2.84. The summed E-state index contributed by atoms with van der Waals surface area (Å²) in [7, 11) is 0. The van der Waals surface area contributed by atoms with E-state index in [1.807, 2.05) is 6.92 Å². The summed E-state index contributed by atoms with van der Waals surface area (Å²) in [5.41, 5.74) is 6.91. The number of benzene rings is 1. The zero-order valence-corrected chi connectivity index (χ0v) is 11.1. The van der Waals surface area contributed by atoms with Crippen molar-refractivity contribution in [1.82, 2.24) is 4.90 Å². The van der Waals surface area contributed by atoms with Crippen LogP contribution in [0.25, 0.3) is 0 Å². The normalized spacial score (nSPS) is 18.7. The monoisotopic (exact) mass is 268 g/mol. The molecule has 1 aromatic rings. The molecule has 1 heterocycles. The van der Waals surface area contributed by atoms with Crippen molar-refractivity contribution in [2.24, 2.45) is 5.73 Å². The van der Waals surface area contributed by atoms with E-state index in [1.165, 1.54) is 12.1 Å². The number of carbonyl (C=O) groups excluding carboxylic acids is 1. The van der Waals surface area contributed by atoms with Gasteiger partial charge >= 0.3 is 0 Å².